The van der Waals surface area contributed by atoms with Gasteiger partial charge in [-0.3, -0.25) is 9.59 Å². The van der Waals surface area contributed by atoms with Crippen LogP contribution in [0.1, 0.15) is 33.9 Å². The molecule has 0 aliphatic rings. The highest BCUT2D eigenvalue weighted by Crippen LogP contribution is 2.22. The van der Waals surface area contributed by atoms with Crippen LogP contribution in [0.3, 0.4) is 0 Å². The zero-order valence-corrected chi connectivity index (χ0v) is 17.1. The molecule has 0 radical (unpaired) electrons. The molecular formula is C23H21BrN2O2. The molecule has 1 atom stereocenters. The van der Waals surface area contributed by atoms with Crippen LogP contribution in [0.2, 0.25) is 0 Å². The van der Waals surface area contributed by atoms with Gasteiger partial charge in [-0.1, -0.05) is 64.5 Å². The first-order valence-corrected chi connectivity index (χ1v) is 9.79. The number of nitrogens with one attached hydrogen (secondary N) is 2. The Bertz CT molecular complexity index is 959. The lowest BCUT2D eigenvalue weighted by atomic mass is 10.0. The second-order valence-electron chi connectivity index (χ2n) is 6.52. The SMILES string of the molecule is Cc1cc(NC(=O)C[C@@H](NC(=O)c2ccccc2)c2ccccc2)ccc1Br. The summed E-state index contributed by atoms with van der Waals surface area (Å²) in [5.41, 5.74) is 3.21. The minimum Gasteiger partial charge on any atom is -0.345 e. The highest BCUT2D eigenvalue weighted by molar-refractivity contribution is 9.10. The number of halogens is 1. The van der Waals surface area contributed by atoms with Gasteiger partial charge in [0, 0.05) is 15.7 Å². The van der Waals surface area contributed by atoms with Crippen LogP contribution in [0.5, 0.6) is 0 Å². The van der Waals surface area contributed by atoms with Crippen LogP contribution in [-0.2, 0) is 4.79 Å². The highest BCUT2D eigenvalue weighted by Gasteiger charge is 2.19. The molecule has 4 nitrogen and oxygen atoms in total. The molecule has 0 bridgehead atoms. The van der Waals surface area contributed by atoms with Crippen molar-refractivity contribution in [2.24, 2.45) is 0 Å². The van der Waals surface area contributed by atoms with Crippen molar-refractivity contribution in [2.45, 2.75) is 19.4 Å². The monoisotopic (exact) mass is 436 g/mol. The predicted octanol–water partition coefficient (Wildman–Crippen LogP) is 5.26. The lowest BCUT2D eigenvalue weighted by Crippen LogP contribution is -2.31. The van der Waals surface area contributed by atoms with Crippen molar-refractivity contribution in [3.05, 3.63) is 100 Å². The summed E-state index contributed by atoms with van der Waals surface area (Å²) in [6.07, 6.45) is 0.137. The molecule has 0 saturated heterocycles. The minimum atomic E-state index is -0.426. The number of rotatable bonds is 6. The maximum absolute atomic E-state index is 12.6. The highest BCUT2D eigenvalue weighted by atomic mass is 79.9. The molecule has 28 heavy (non-hydrogen) atoms. The van der Waals surface area contributed by atoms with Gasteiger partial charge in [0.2, 0.25) is 5.91 Å². The number of hydrogen-bond donors (Lipinski definition) is 2. The Labute approximate surface area is 173 Å². The van der Waals surface area contributed by atoms with Crippen molar-refractivity contribution in [1.29, 1.82) is 0 Å². The van der Waals surface area contributed by atoms with Crippen LogP contribution in [0.25, 0.3) is 0 Å². The second kappa shape index (κ2) is 9.33. The molecule has 2 amide bonds. The van der Waals surface area contributed by atoms with E-state index in [0.29, 0.717) is 5.56 Å². The molecule has 0 aromatic heterocycles. The van der Waals surface area contributed by atoms with Crippen molar-refractivity contribution in [3.63, 3.8) is 0 Å². The van der Waals surface area contributed by atoms with Crippen molar-refractivity contribution in [2.75, 3.05) is 5.32 Å². The number of carbonyl (C=O) groups is 2. The number of amides is 2. The summed E-state index contributed by atoms with van der Waals surface area (Å²) in [6, 6.07) is 23.7. The van der Waals surface area contributed by atoms with Gasteiger partial charge in [0.05, 0.1) is 12.5 Å². The molecule has 0 spiro atoms. The molecule has 0 unspecified atom stereocenters. The third kappa shape index (κ3) is 5.30. The Morgan fingerprint density at radius 1 is 0.929 bits per heavy atom. The quantitative estimate of drug-likeness (QED) is 0.553. The van der Waals surface area contributed by atoms with Gasteiger partial charge in [0.15, 0.2) is 0 Å². The molecule has 142 valence electrons. The predicted molar refractivity (Wildman–Crippen MR) is 115 cm³/mol. The second-order valence-corrected chi connectivity index (χ2v) is 7.37. The molecule has 3 rings (SSSR count). The van der Waals surface area contributed by atoms with Gasteiger partial charge in [-0.15, -0.1) is 0 Å². The van der Waals surface area contributed by atoms with Crippen LogP contribution >= 0.6 is 15.9 Å². The Balaban J connectivity index is 1.74. The van der Waals surface area contributed by atoms with E-state index < -0.39 is 6.04 Å². The first-order valence-electron chi connectivity index (χ1n) is 9.00. The van der Waals surface area contributed by atoms with Gasteiger partial charge in [-0.2, -0.15) is 0 Å². The maximum atomic E-state index is 12.6. The van der Waals surface area contributed by atoms with Gasteiger partial charge < -0.3 is 10.6 Å². The Morgan fingerprint density at radius 2 is 1.57 bits per heavy atom. The van der Waals surface area contributed by atoms with Crippen LogP contribution in [0, 0.1) is 6.92 Å². The Morgan fingerprint density at radius 3 is 2.21 bits per heavy atom. The van der Waals surface area contributed by atoms with E-state index in [9.17, 15) is 9.59 Å². The number of anilines is 1. The van der Waals surface area contributed by atoms with E-state index in [1.807, 2.05) is 73.7 Å². The van der Waals surface area contributed by atoms with E-state index in [2.05, 4.69) is 26.6 Å². The van der Waals surface area contributed by atoms with E-state index >= 15 is 0 Å². The smallest absolute Gasteiger partial charge is 0.251 e. The molecule has 3 aromatic rings. The Kier molecular flexibility index (Phi) is 6.61. The Hall–Kier alpha value is -2.92. The largest absolute Gasteiger partial charge is 0.345 e. The van der Waals surface area contributed by atoms with Gasteiger partial charge >= 0.3 is 0 Å². The first-order chi connectivity index (χ1) is 13.5. The van der Waals surface area contributed by atoms with Crippen molar-refractivity contribution in [1.82, 2.24) is 5.32 Å². The zero-order chi connectivity index (χ0) is 19.9. The number of carbonyl (C=O) groups excluding carboxylic acids is 2. The van der Waals surface area contributed by atoms with Crippen LogP contribution in [0.15, 0.2) is 83.3 Å². The van der Waals surface area contributed by atoms with Crippen molar-refractivity contribution < 1.29 is 9.59 Å². The molecular weight excluding hydrogens is 416 g/mol. The molecule has 3 aromatic carbocycles. The normalized spacial score (nSPS) is 11.5. The summed E-state index contributed by atoms with van der Waals surface area (Å²) in [4.78, 5) is 25.2. The summed E-state index contributed by atoms with van der Waals surface area (Å²) in [7, 11) is 0. The molecule has 0 aliphatic carbocycles. The van der Waals surface area contributed by atoms with Gasteiger partial charge in [-0.25, -0.2) is 0 Å². The van der Waals surface area contributed by atoms with Gasteiger partial charge in [-0.05, 0) is 48.4 Å². The fourth-order valence-corrected chi connectivity index (χ4v) is 3.14. The van der Waals surface area contributed by atoms with Crippen molar-refractivity contribution >= 4 is 33.4 Å². The molecule has 0 aliphatic heterocycles. The number of aryl methyl sites for hydroxylation is 1. The summed E-state index contributed by atoms with van der Waals surface area (Å²) >= 11 is 3.46. The lowest BCUT2D eigenvalue weighted by Gasteiger charge is -2.19. The van der Waals surface area contributed by atoms with E-state index in [4.69, 9.17) is 0 Å². The standard InChI is InChI=1S/C23H21BrN2O2/c1-16-14-19(12-13-20(16)24)25-22(27)15-21(17-8-4-2-5-9-17)26-23(28)18-10-6-3-7-11-18/h2-14,21H,15H2,1H3,(H,25,27)(H,26,28)/t21-/m1/s1. The number of benzene rings is 3. The third-order valence-corrected chi connectivity index (χ3v) is 5.26. The van der Waals surface area contributed by atoms with E-state index in [0.717, 1.165) is 21.3 Å². The summed E-state index contributed by atoms with van der Waals surface area (Å²) in [6.45, 7) is 1.96. The molecule has 0 heterocycles. The fraction of sp³-hybridized carbons (Fsp3) is 0.130. The fourth-order valence-electron chi connectivity index (χ4n) is 2.89. The van der Waals surface area contributed by atoms with Crippen molar-refractivity contribution in [3.8, 4) is 0 Å². The third-order valence-electron chi connectivity index (χ3n) is 4.37. The van der Waals surface area contributed by atoms with E-state index in [1.54, 1.807) is 12.1 Å². The molecule has 0 fully saturated rings. The van der Waals surface area contributed by atoms with Gasteiger partial charge in [0.1, 0.15) is 0 Å². The zero-order valence-electron chi connectivity index (χ0n) is 15.5. The average Bonchev–Trinajstić information content (AvgIpc) is 2.71. The van der Waals surface area contributed by atoms with E-state index in [-0.39, 0.29) is 18.2 Å². The summed E-state index contributed by atoms with van der Waals surface area (Å²) in [5, 5.41) is 5.89. The molecule has 5 heteroatoms. The molecule has 0 saturated carbocycles. The minimum absolute atomic E-state index is 0.137. The summed E-state index contributed by atoms with van der Waals surface area (Å²) in [5.74, 6) is -0.370. The lowest BCUT2D eigenvalue weighted by molar-refractivity contribution is -0.116. The van der Waals surface area contributed by atoms with Crippen LogP contribution in [-0.4, -0.2) is 11.8 Å². The van der Waals surface area contributed by atoms with E-state index in [1.165, 1.54) is 0 Å². The number of hydrogen-bond acceptors (Lipinski definition) is 2. The topological polar surface area (TPSA) is 58.2 Å². The van der Waals surface area contributed by atoms with Crippen LogP contribution < -0.4 is 10.6 Å². The molecule has 2 N–H and O–H groups in total. The average molecular weight is 437 g/mol. The summed E-state index contributed by atoms with van der Waals surface area (Å²) < 4.78 is 0.989. The maximum Gasteiger partial charge on any atom is 0.251 e. The van der Waals surface area contributed by atoms with Gasteiger partial charge in [0.25, 0.3) is 5.91 Å². The first kappa shape index (κ1) is 19.8. The van der Waals surface area contributed by atoms with Crippen LogP contribution in [0.4, 0.5) is 5.69 Å².